The predicted molar refractivity (Wildman–Crippen MR) is 136 cm³/mol. The van der Waals surface area contributed by atoms with Crippen LogP contribution in [0, 0.1) is 6.42 Å². The van der Waals surface area contributed by atoms with E-state index in [2.05, 4.69) is 20.3 Å². The standard InChI is InChI=1S/C29H59/c1-3-5-7-9-11-13-15-17-19-21-23-25-27-29-28-26-24-22-20-18-16-14-12-10-8-6-4-2/h21H,3-20,22-29H2,1-2H3. The topological polar surface area (TPSA) is 0 Å². The van der Waals surface area contributed by atoms with E-state index in [1.54, 1.807) is 0 Å². The minimum absolute atomic E-state index is 1.37. The van der Waals surface area contributed by atoms with Crippen LogP contribution in [-0.2, 0) is 0 Å². The van der Waals surface area contributed by atoms with E-state index >= 15 is 0 Å². The number of unbranched alkanes of at least 4 members (excludes halogenated alkanes) is 26. The first kappa shape index (κ1) is 29.0. The lowest BCUT2D eigenvalue weighted by Gasteiger charge is -2.04. The van der Waals surface area contributed by atoms with E-state index in [1.165, 1.54) is 167 Å². The van der Waals surface area contributed by atoms with E-state index in [1.807, 2.05) is 0 Å². The van der Waals surface area contributed by atoms with E-state index in [9.17, 15) is 0 Å². The fourth-order valence-corrected chi connectivity index (χ4v) is 4.40. The summed E-state index contributed by atoms with van der Waals surface area (Å²) in [5.41, 5.74) is 0. The molecule has 0 aliphatic carbocycles. The lowest BCUT2D eigenvalue weighted by atomic mass is 10.0. The molecule has 1 radical (unpaired) electrons. The Morgan fingerprint density at radius 3 is 0.724 bits per heavy atom. The van der Waals surface area contributed by atoms with Crippen molar-refractivity contribution in [3.05, 3.63) is 6.42 Å². The van der Waals surface area contributed by atoms with Gasteiger partial charge in [0.1, 0.15) is 0 Å². The molecule has 0 heteroatoms. The van der Waals surface area contributed by atoms with Crippen molar-refractivity contribution in [1.29, 1.82) is 0 Å². The van der Waals surface area contributed by atoms with Crippen molar-refractivity contribution in [3.8, 4) is 0 Å². The molecule has 0 nitrogen and oxygen atoms in total. The van der Waals surface area contributed by atoms with Crippen LogP contribution in [0.15, 0.2) is 0 Å². The third-order valence-electron chi connectivity index (χ3n) is 6.52. The first-order chi connectivity index (χ1) is 14.4. The molecule has 0 aromatic heterocycles. The van der Waals surface area contributed by atoms with Crippen LogP contribution >= 0.6 is 0 Å². The average Bonchev–Trinajstić information content (AvgIpc) is 2.74. The van der Waals surface area contributed by atoms with Gasteiger partial charge in [0.05, 0.1) is 0 Å². The molecule has 0 fully saturated rings. The van der Waals surface area contributed by atoms with Gasteiger partial charge in [0.25, 0.3) is 0 Å². The van der Waals surface area contributed by atoms with Crippen LogP contribution in [0.5, 0.6) is 0 Å². The highest BCUT2D eigenvalue weighted by Gasteiger charge is 1.96. The minimum Gasteiger partial charge on any atom is -0.0654 e. The second kappa shape index (κ2) is 28.0. The summed E-state index contributed by atoms with van der Waals surface area (Å²) in [6, 6.07) is 0. The Morgan fingerprint density at radius 2 is 0.483 bits per heavy atom. The molecule has 29 heavy (non-hydrogen) atoms. The Balaban J connectivity index is 2.97. The molecule has 0 spiro atoms. The van der Waals surface area contributed by atoms with Crippen molar-refractivity contribution in [3.63, 3.8) is 0 Å². The van der Waals surface area contributed by atoms with E-state index < -0.39 is 0 Å². The van der Waals surface area contributed by atoms with Crippen molar-refractivity contribution in [1.82, 2.24) is 0 Å². The third-order valence-corrected chi connectivity index (χ3v) is 6.52. The maximum atomic E-state index is 2.57. The molecule has 0 aliphatic heterocycles. The van der Waals surface area contributed by atoms with Gasteiger partial charge in [-0.05, 0) is 6.42 Å². The molecule has 0 aliphatic rings. The summed E-state index contributed by atoms with van der Waals surface area (Å²) in [5.74, 6) is 0. The Kier molecular flexibility index (Phi) is 28.0. The van der Waals surface area contributed by atoms with Crippen LogP contribution in [0.3, 0.4) is 0 Å². The number of rotatable bonds is 26. The van der Waals surface area contributed by atoms with E-state index in [0.717, 1.165) is 0 Å². The molecular weight excluding hydrogens is 348 g/mol. The number of hydrogen-bond donors (Lipinski definition) is 0. The van der Waals surface area contributed by atoms with Crippen molar-refractivity contribution in [2.24, 2.45) is 0 Å². The van der Waals surface area contributed by atoms with Gasteiger partial charge in [-0.2, -0.15) is 0 Å². The highest BCUT2D eigenvalue weighted by molar-refractivity contribution is 4.64. The summed E-state index contributed by atoms with van der Waals surface area (Å²) in [6.45, 7) is 4.60. The van der Waals surface area contributed by atoms with Crippen molar-refractivity contribution in [2.45, 2.75) is 181 Å². The normalized spacial score (nSPS) is 11.4. The zero-order valence-corrected chi connectivity index (χ0v) is 21.0. The molecule has 0 N–H and O–H groups in total. The second-order valence-corrected chi connectivity index (χ2v) is 9.64. The summed E-state index contributed by atoms with van der Waals surface area (Å²) in [7, 11) is 0. The molecule has 0 atom stereocenters. The summed E-state index contributed by atoms with van der Waals surface area (Å²) in [5, 5.41) is 0. The van der Waals surface area contributed by atoms with Gasteiger partial charge in [0.15, 0.2) is 0 Å². The lowest BCUT2D eigenvalue weighted by Crippen LogP contribution is -1.85. The van der Waals surface area contributed by atoms with Crippen LogP contribution in [0.4, 0.5) is 0 Å². The van der Waals surface area contributed by atoms with Crippen LogP contribution in [0.1, 0.15) is 181 Å². The summed E-state index contributed by atoms with van der Waals surface area (Å²) >= 11 is 0. The molecule has 0 aromatic carbocycles. The van der Waals surface area contributed by atoms with Gasteiger partial charge in [0.2, 0.25) is 0 Å². The van der Waals surface area contributed by atoms with E-state index in [-0.39, 0.29) is 0 Å². The molecule has 0 saturated heterocycles. The average molecular weight is 408 g/mol. The van der Waals surface area contributed by atoms with Gasteiger partial charge in [0, 0.05) is 0 Å². The monoisotopic (exact) mass is 407 g/mol. The predicted octanol–water partition coefficient (Wildman–Crippen LogP) is 11.4. The van der Waals surface area contributed by atoms with Gasteiger partial charge in [-0.3, -0.25) is 0 Å². The molecule has 0 amide bonds. The Morgan fingerprint density at radius 1 is 0.276 bits per heavy atom. The van der Waals surface area contributed by atoms with Crippen LogP contribution in [0.2, 0.25) is 0 Å². The highest BCUT2D eigenvalue weighted by Crippen LogP contribution is 2.15. The van der Waals surface area contributed by atoms with Gasteiger partial charge in [-0.1, -0.05) is 181 Å². The summed E-state index contributed by atoms with van der Waals surface area (Å²) < 4.78 is 0. The van der Waals surface area contributed by atoms with Crippen LogP contribution in [0.25, 0.3) is 0 Å². The molecule has 175 valence electrons. The molecule has 0 heterocycles. The van der Waals surface area contributed by atoms with Crippen LogP contribution < -0.4 is 0 Å². The smallest absolute Gasteiger partial charge is 0.0386 e. The van der Waals surface area contributed by atoms with Gasteiger partial charge < -0.3 is 0 Å². The quantitative estimate of drug-likeness (QED) is 0.125. The summed E-state index contributed by atoms with van der Waals surface area (Å²) in [4.78, 5) is 0. The molecule has 0 rings (SSSR count). The minimum atomic E-state index is 1.37. The van der Waals surface area contributed by atoms with Crippen LogP contribution in [-0.4, -0.2) is 0 Å². The van der Waals surface area contributed by atoms with Crippen molar-refractivity contribution in [2.75, 3.05) is 0 Å². The first-order valence-electron chi connectivity index (χ1n) is 14.2. The second-order valence-electron chi connectivity index (χ2n) is 9.64. The molecule has 0 bridgehead atoms. The fourth-order valence-electron chi connectivity index (χ4n) is 4.40. The lowest BCUT2D eigenvalue weighted by molar-refractivity contribution is 0.528. The highest BCUT2D eigenvalue weighted by atomic mass is 14.0. The largest absolute Gasteiger partial charge is 0.0654 e. The van der Waals surface area contributed by atoms with E-state index in [4.69, 9.17) is 0 Å². The maximum absolute atomic E-state index is 2.57. The summed E-state index contributed by atoms with van der Waals surface area (Å²) in [6.07, 6.45) is 40.4. The zero-order chi connectivity index (χ0) is 21.1. The fraction of sp³-hybridized carbons (Fsp3) is 0.966. The molecular formula is C29H59. The Labute approximate surface area is 187 Å². The molecule has 0 aromatic rings. The number of hydrogen-bond acceptors (Lipinski definition) is 0. The van der Waals surface area contributed by atoms with E-state index in [0.29, 0.717) is 0 Å². The first-order valence-corrected chi connectivity index (χ1v) is 14.2. The Bertz CT molecular complexity index is 231. The van der Waals surface area contributed by atoms with Gasteiger partial charge in [-0.25, -0.2) is 0 Å². The van der Waals surface area contributed by atoms with Crippen molar-refractivity contribution >= 4 is 0 Å². The van der Waals surface area contributed by atoms with Gasteiger partial charge >= 0.3 is 0 Å². The zero-order valence-electron chi connectivity index (χ0n) is 21.0. The Hall–Kier alpha value is 0. The van der Waals surface area contributed by atoms with Crippen molar-refractivity contribution < 1.29 is 0 Å². The molecule has 0 unspecified atom stereocenters. The maximum Gasteiger partial charge on any atom is -0.0386 e. The molecule has 0 saturated carbocycles. The third kappa shape index (κ3) is 28.0. The van der Waals surface area contributed by atoms with Gasteiger partial charge in [-0.15, -0.1) is 0 Å². The SMILES string of the molecule is CCCCCCCCCC[CH]CCCCCCCCCCCCCCCCCC.